The zero-order chi connectivity index (χ0) is 15.5. The Balaban J connectivity index is 3.05. The van der Waals surface area contributed by atoms with E-state index in [4.69, 9.17) is 28.9 Å². The first-order valence-corrected chi connectivity index (χ1v) is 7.13. The van der Waals surface area contributed by atoms with E-state index >= 15 is 0 Å². The molecule has 3 N–H and O–H groups in total. The Labute approximate surface area is 128 Å². The summed E-state index contributed by atoms with van der Waals surface area (Å²) in [4.78, 5) is 24.1. The molecule has 0 spiro atoms. The summed E-state index contributed by atoms with van der Waals surface area (Å²) in [6.45, 7) is 5.23. The fourth-order valence-electron chi connectivity index (χ4n) is 1.71. The molecule has 1 aromatic carbocycles. The van der Waals surface area contributed by atoms with Gasteiger partial charge >= 0.3 is 0 Å². The van der Waals surface area contributed by atoms with Crippen LogP contribution in [0.1, 0.15) is 36.2 Å². The van der Waals surface area contributed by atoms with Crippen LogP contribution in [0.15, 0.2) is 12.1 Å². The number of Topliss-reactive ketones (excluding diaryl/α,β-unsaturated/α-hetero) is 1. The summed E-state index contributed by atoms with van der Waals surface area (Å²) >= 11 is 11.5. The number of ketones is 1. The molecular weight excluding hydrogens is 299 g/mol. The van der Waals surface area contributed by atoms with Gasteiger partial charge in [0.2, 0.25) is 0 Å². The number of aryl methyl sites for hydroxylation is 1. The highest BCUT2D eigenvalue weighted by atomic mass is 35.5. The maximum Gasteiger partial charge on any atom is 0.252 e. The van der Waals surface area contributed by atoms with Crippen LogP contribution in [0.4, 0.5) is 5.69 Å². The fourth-order valence-corrected chi connectivity index (χ4v) is 2.27. The minimum atomic E-state index is -0.986. The topological polar surface area (TPSA) is 72.2 Å². The molecule has 0 aliphatic heterocycles. The molecule has 0 bridgehead atoms. The summed E-state index contributed by atoms with van der Waals surface area (Å²) in [6.07, 6.45) is 0.450. The Morgan fingerprint density at radius 3 is 2.45 bits per heavy atom. The molecule has 0 aliphatic carbocycles. The molecule has 1 amide bonds. The van der Waals surface area contributed by atoms with Gasteiger partial charge in [-0.1, -0.05) is 18.5 Å². The maximum absolute atomic E-state index is 12.2. The SMILES string of the molecule is CCC(C)(NC(=O)c1cc(C)c(N)c(Cl)c1)C(=O)CCl. The highest BCUT2D eigenvalue weighted by Crippen LogP contribution is 2.24. The molecular formula is C14H18Cl2N2O2. The summed E-state index contributed by atoms with van der Waals surface area (Å²) in [6, 6.07) is 3.12. The fraction of sp³-hybridized carbons (Fsp3) is 0.429. The minimum Gasteiger partial charge on any atom is -0.397 e. The van der Waals surface area contributed by atoms with Crippen LogP contribution in [0.25, 0.3) is 0 Å². The predicted octanol–water partition coefficient (Wildman–Crippen LogP) is 2.94. The van der Waals surface area contributed by atoms with Gasteiger partial charge in [0, 0.05) is 5.56 Å². The van der Waals surface area contributed by atoms with Crippen molar-refractivity contribution >= 4 is 40.6 Å². The summed E-state index contributed by atoms with van der Waals surface area (Å²) in [5.74, 6) is -0.752. The number of alkyl halides is 1. The lowest BCUT2D eigenvalue weighted by atomic mass is 9.93. The zero-order valence-corrected chi connectivity index (χ0v) is 13.2. The molecule has 6 heteroatoms. The van der Waals surface area contributed by atoms with Crippen molar-refractivity contribution < 1.29 is 9.59 Å². The van der Waals surface area contributed by atoms with E-state index < -0.39 is 5.54 Å². The van der Waals surface area contributed by atoms with E-state index in [1.54, 1.807) is 19.9 Å². The lowest BCUT2D eigenvalue weighted by Crippen LogP contribution is -2.52. The van der Waals surface area contributed by atoms with Crippen LogP contribution < -0.4 is 11.1 Å². The van der Waals surface area contributed by atoms with Gasteiger partial charge in [0.15, 0.2) is 5.78 Å². The molecule has 1 unspecified atom stereocenters. The Kier molecular flexibility index (Phi) is 5.42. The highest BCUT2D eigenvalue weighted by Gasteiger charge is 2.32. The van der Waals surface area contributed by atoms with Crippen LogP contribution in [0, 0.1) is 6.92 Å². The van der Waals surface area contributed by atoms with Crippen molar-refractivity contribution in [1.29, 1.82) is 0 Å². The van der Waals surface area contributed by atoms with Crippen LogP contribution in [-0.2, 0) is 4.79 Å². The summed E-state index contributed by atoms with van der Waals surface area (Å²) in [5, 5.41) is 3.03. The number of amides is 1. The molecule has 0 fully saturated rings. The molecule has 1 rings (SSSR count). The Hall–Kier alpha value is -1.26. The third kappa shape index (κ3) is 3.44. The average Bonchev–Trinajstić information content (AvgIpc) is 2.42. The Morgan fingerprint density at radius 2 is 2.00 bits per heavy atom. The van der Waals surface area contributed by atoms with E-state index in [2.05, 4.69) is 5.32 Å². The highest BCUT2D eigenvalue weighted by molar-refractivity contribution is 6.33. The van der Waals surface area contributed by atoms with Crippen LogP contribution in [0.5, 0.6) is 0 Å². The normalized spacial score (nSPS) is 13.7. The monoisotopic (exact) mass is 316 g/mol. The number of halogens is 2. The second-order valence-corrected chi connectivity index (χ2v) is 5.56. The van der Waals surface area contributed by atoms with Crippen LogP contribution >= 0.6 is 23.2 Å². The van der Waals surface area contributed by atoms with Gasteiger partial charge < -0.3 is 11.1 Å². The number of carbonyl (C=O) groups excluding carboxylic acids is 2. The molecule has 0 aliphatic rings. The van der Waals surface area contributed by atoms with Gasteiger partial charge in [0.1, 0.15) is 0 Å². The van der Waals surface area contributed by atoms with Crippen molar-refractivity contribution in [2.24, 2.45) is 0 Å². The second-order valence-electron chi connectivity index (χ2n) is 4.89. The van der Waals surface area contributed by atoms with Gasteiger partial charge in [-0.2, -0.15) is 0 Å². The molecule has 0 aromatic heterocycles. The van der Waals surface area contributed by atoms with E-state index in [0.29, 0.717) is 28.3 Å². The van der Waals surface area contributed by atoms with Crippen LogP contribution in [-0.4, -0.2) is 23.1 Å². The van der Waals surface area contributed by atoms with Gasteiger partial charge in [-0.05, 0) is 38.0 Å². The van der Waals surface area contributed by atoms with Crippen molar-refractivity contribution in [1.82, 2.24) is 5.32 Å². The van der Waals surface area contributed by atoms with Crippen LogP contribution in [0.2, 0.25) is 5.02 Å². The van der Waals surface area contributed by atoms with E-state index in [1.807, 2.05) is 6.92 Å². The first kappa shape index (κ1) is 16.8. The Bertz CT molecular complexity index is 523. The molecule has 1 atom stereocenters. The number of carbonyl (C=O) groups is 2. The molecule has 1 aromatic rings. The number of nitrogens with two attached hydrogens (primary N) is 1. The van der Waals surface area contributed by atoms with Gasteiger partial charge in [-0.25, -0.2) is 0 Å². The Morgan fingerprint density at radius 1 is 1.40 bits per heavy atom. The van der Waals surface area contributed by atoms with Crippen molar-refractivity contribution in [3.05, 3.63) is 28.3 Å². The smallest absolute Gasteiger partial charge is 0.252 e. The van der Waals surface area contributed by atoms with E-state index in [-0.39, 0.29) is 17.6 Å². The second kappa shape index (κ2) is 6.46. The van der Waals surface area contributed by atoms with Crippen LogP contribution in [0.3, 0.4) is 0 Å². The van der Waals surface area contributed by atoms with Crippen molar-refractivity contribution in [2.45, 2.75) is 32.7 Å². The molecule has 0 radical (unpaired) electrons. The molecule has 4 nitrogen and oxygen atoms in total. The molecule has 110 valence electrons. The minimum absolute atomic E-state index is 0.147. The zero-order valence-electron chi connectivity index (χ0n) is 11.7. The first-order valence-electron chi connectivity index (χ1n) is 6.22. The standard InChI is InChI=1S/C14H18Cl2N2O2/c1-4-14(3,11(19)7-15)18-13(20)9-5-8(2)12(17)10(16)6-9/h5-6H,4,7,17H2,1-3H3,(H,18,20). The maximum atomic E-state index is 12.2. The molecule has 0 heterocycles. The van der Waals surface area contributed by atoms with Gasteiger partial charge in [-0.15, -0.1) is 11.6 Å². The summed E-state index contributed by atoms with van der Waals surface area (Å²) < 4.78 is 0. The van der Waals surface area contributed by atoms with Gasteiger partial charge in [-0.3, -0.25) is 9.59 Å². The summed E-state index contributed by atoms with van der Waals surface area (Å²) in [5.41, 5.74) is 6.27. The third-order valence-electron chi connectivity index (χ3n) is 3.43. The molecule has 0 saturated heterocycles. The number of anilines is 1. The van der Waals surface area contributed by atoms with Crippen molar-refractivity contribution in [3.63, 3.8) is 0 Å². The quantitative estimate of drug-likeness (QED) is 0.648. The number of hydrogen-bond acceptors (Lipinski definition) is 3. The number of benzene rings is 1. The molecule has 0 saturated carbocycles. The van der Waals surface area contributed by atoms with Crippen molar-refractivity contribution in [3.8, 4) is 0 Å². The largest absolute Gasteiger partial charge is 0.397 e. The number of nitrogen functional groups attached to an aromatic ring is 1. The number of rotatable bonds is 5. The molecule has 20 heavy (non-hydrogen) atoms. The van der Waals surface area contributed by atoms with E-state index in [0.717, 1.165) is 0 Å². The van der Waals surface area contributed by atoms with E-state index in [1.165, 1.54) is 6.07 Å². The van der Waals surface area contributed by atoms with E-state index in [9.17, 15) is 9.59 Å². The first-order chi connectivity index (χ1) is 9.25. The van der Waals surface area contributed by atoms with Gasteiger partial charge in [0.25, 0.3) is 5.91 Å². The number of nitrogens with one attached hydrogen (secondary N) is 1. The predicted molar refractivity (Wildman–Crippen MR) is 82.5 cm³/mol. The lowest BCUT2D eigenvalue weighted by Gasteiger charge is -2.27. The lowest BCUT2D eigenvalue weighted by molar-refractivity contribution is -0.122. The summed E-state index contributed by atoms with van der Waals surface area (Å²) in [7, 11) is 0. The number of hydrogen-bond donors (Lipinski definition) is 2. The average molecular weight is 317 g/mol. The van der Waals surface area contributed by atoms with Gasteiger partial charge in [0.05, 0.1) is 22.1 Å². The third-order valence-corrected chi connectivity index (χ3v) is 3.99. The van der Waals surface area contributed by atoms with Crippen molar-refractivity contribution in [2.75, 3.05) is 11.6 Å².